The van der Waals surface area contributed by atoms with Crippen LogP contribution in [0.3, 0.4) is 0 Å². The maximum Gasteiger partial charge on any atom is 0.218 e. The van der Waals surface area contributed by atoms with Crippen molar-refractivity contribution in [2.45, 2.75) is 24.6 Å². The third-order valence-corrected chi connectivity index (χ3v) is 7.28. The van der Waals surface area contributed by atoms with E-state index in [-0.39, 0.29) is 24.5 Å². The molecule has 16 heavy (non-hydrogen) atoms. The lowest BCUT2D eigenvalue weighted by Gasteiger charge is -2.25. The molecule has 1 aliphatic heterocycles. The summed E-state index contributed by atoms with van der Waals surface area (Å²) in [6.07, 6.45) is 0.146. The zero-order valence-electron chi connectivity index (χ0n) is 9.33. The number of hydrogen-bond acceptors (Lipinski definition) is 5. The zero-order valence-corrected chi connectivity index (χ0v) is 11.0. The van der Waals surface area contributed by atoms with Crippen LogP contribution in [0.5, 0.6) is 0 Å². The van der Waals surface area contributed by atoms with Crippen LogP contribution >= 0.6 is 0 Å². The Labute approximate surface area is 96.2 Å². The molecule has 0 aromatic carbocycles. The molecule has 2 atom stereocenters. The number of rotatable bonds is 4. The summed E-state index contributed by atoms with van der Waals surface area (Å²) in [6, 6.07) is -0.534. The number of aliphatic hydroxyl groups excluding tert-OH is 1. The van der Waals surface area contributed by atoms with Crippen molar-refractivity contribution in [2.24, 2.45) is 0 Å². The standard InChI is InChI=1S/C8H17NO5S2/c1-7(5-10)9(2)16(13,14)8-3-4-15(11,12)6-8/h7-8,10H,3-6H2,1-2H3. The molecule has 0 bridgehead atoms. The van der Waals surface area contributed by atoms with E-state index in [9.17, 15) is 16.8 Å². The SMILES string of the molecule is CC(CO)N(C)S(=O)(=O)C1CCS(=O)(=O)C1. The van der Waals surface area contributed by atoms with Crippen LogP contribution in [-0.2, 0) is 19.9 Å². The molecular weight excluding hydrogens is 254 g/mol. The third kappa shape index (κ3) is 2.73. The average molecular weight is 271 g/mol. The second kappa shape index (κ2) is 4.59. The molecule has 0 aromatic rings. The van der Waals surface area contributed by atoms with Gasteiger partial charge in [0.25, 0.3) is 0 Å². The normalized spacial score (nSPS) is 27.1. The Hall–Kier alpha value is -0.180. The van der Waals surface area contributed by atoms with Gasteiger partial charge in [-0.1, -0.05) is 0 Å². The molecule has 0 amide bonds. The number of sulfone groups is 1. The van der Waals surface area contributed by atoms with Gasteiger partial charge in [-0.15, -0.1) is 0 Å². The highest BCUT2D eigenvalue weighted by molar-refractivity contribution is 7.95. The summed E-state index contributed by atoms with van der Waals surface area (Å²) in [7, 11) is -5.48. The molecule has 1 heterocycles. The summed E-state index contributed by atoms with van der Waals surface area (Å²) in [5.74, 6) is -0.379. The number of nitrogens with zero attached hydrogens (tertiary/aromatic N) is 1. The highest BCUT2D eigenvalue weighted by Crippen LogP contribution is 2.22. The van der Waals surface area contributed by atoms with Crippen LogP contribution in [0.15, 0.2) is 0 Å². The van der Waals surface area contributed by atoms with E-state index in [4.69, 9.17) is 5.11 Å². The largest absolute Gasteiger partial charge is 0.395 e. The summed E-state index contributed by atoms with van der Waals surface area (Å²) in [5.41, 5.74) is 0. The van der Waals surface area contributed by atoms with Gasteiger partial charge in [0.1, 0.15) is 0 Å². The lowest BCUT2D eigenvalue weighted by atomic mass is 10.4. The predicted molar refractivity (Wildman–Crippen MR) is 60.3 cm³/mol. The number of sulfonamides is 1. The monoisotopic (exact) mass is 271 g/mol. The summed E-state index contributed by atoms with van der Waals surface area (Å²) in [6.45, 7) is 1.29. The lowest BCUT2D eigenvalue weighted by molar-refractivity contribution is 0.213. The van der Waals surface area contributed by atoms with Gasteiger partial charge < -0.3 is 5.11 Å². The van der Waals surface area contributed by atoms with Crippen LogP contribution in [0.4, 0.5) is 0 Å². The van der Waals surface area contributed by atoms with Crippen LogP contribution in [0.2, 0.25) is 0 Å². The second-order valence-electron chi connectivity index (χ2n) is 4.12. The minimum absolute atomic E-state index is 0.0712. The van der Waals surface area contributed by atoms with E-state index >= 15 is 0 Å². The molecular formula is C8H17NO5S2. The van der Waals surface area contributed by atoms with Gasteiger partial charge in [0.05, 0.1) is 23.4 Å². The minimum atomic E-state index is -3.63. The first-order valence-electron chi connectivity index (χ1n) is 4.99. The molecule has 96 valence electrons. The average Bonchev–Trinajstić information content (AvgIpc) is 2.57. The number of likely N-dealkylation sites (N-methyl/N-ethyl adjacent to an activating group) is 1. The molecule has 1 aliphatic rings. The van der Waals surface area contributed by atoms with Gasteiger partial charge in [-0.05, 0) is 13.3 Å². The van der Waals surface area contributed by atoms with Crippen molar-refractivity contribution in [2.75, 3.05) is 25.2 Å². The van der Waals surface area contributed by atoms with E-state index in [0.717, 1.165) is 4.31 Å². The molecule has 0 spiro atoms. The molecule has 8 heteroatoms. The topological polar surface area (TPSA) is 91.8 Å². The molecule has 0 saturated carbocycles. The Kier molecular flexibility index (Phi) is 3.99. The van der Waals surface area contributed by atoms with Gasteiger partial charge in [-0.3, -0.25) is 0 Å². The Bertz CT molecular complexity index is 441. The first kappa shape index (κ1) is 13.9. The van der Waals surface area contributed by atoms with E-state index in [1.54, 1.807) is 6.92 Å². The van der Waals surface area contributed by atoms with Crippen molar-refractivity contribution in [3.63, 3.8) is 0 Å². The molecule has 6 nitrogen and oxygen atoms in total. The van der Waals surface area contributed by atoms with E-state index in [0.29, 0.717) is 0 Å². The van der Waals surface area contributed by atoms with Gasteiger partial charge in [-0.2, -0.15) is 4.31 Å². The third-order valence-electron chi connectivity index (χ3n) is 2.90. The van der Waals surface area contributed by atoms with Gasteiger partial charge in [-0.25, -0.2) is 16.8 Å². The highest BCUT2D eigenvalue weighted by Gasteiger charge is 2.40. The lowest BCUT2D eigenvalue weighted by Crippen LogP contribution is -2.43. The van der Waals surface area contributed by atoms with Gasteiger partial charge in [0, 0.05) is 13.1 Å². The quantitative estimate of drug-likeness (QED) is 0.694. The fraction of sp³-hybridized carbons (Fsp3) is 1.00. The fourth-order valence-electron chi connectivity index (χ4n) is 1.60. The van der Waals surface area contributed by atoms with Crippen molar-refractivity contribution in [1.29, 1.82) is 0 Å². The summed E-state index contributed by atoms with van der Waals surface area (Å²) in [4.78, 5) is 0. The maximum atomic E-state index is 12.0. The molecule has 0 aromatic heterocycles. The van der Waals surface area contributed by atoms with Crippen molar-refractivity contribution in [3.8, 4) is 0 Å². The molecule has 1 saturated heterocycles. The zero-order chi connectivity index (χ0) is 12.6. The van der Waals surface area contributed by atoms with Crippen molar-refractivity contribution in [3.05, 3.63) is 0 Å². The van der Waals surface area contributed by atoms with Crippen LogP contribution in [0.25, 0.3) is 0 Å². The molecule has 1 rings (SSSR count). The molecule has 0 radical (unpaired) electrons. The van der Waals surface area contributed by atoms with E-state index < -0.39 is 31.2 Å². The van der Waals surface area contributed by atoms with Gasteiger partial charge >= 0.3 is 0 Å². The molecule has 0 aliphatic carbocycles. The van der Waals surface area contributed by atoms with E-state index in [1.807, 2.05) is 0 Å². The predicted octanol–water partition coefficient (Wildman–Crippen LogP) is -1.18. The van der Waals surface area contributed by atoms with Crippen LogP contribution in [0.1, 0.15) is 13.3 Å². The van der Waals surface area contributed by atoms with Crippen LogP contribution in [0, 0.1) is 0 Å². The molecule has 1 fully saturated rings. The van der Waals surface area contributed by atoms with Crippen molar-refractivity contribution >= 4 is 19.9 Å². The van der Waals surface area contributed by atoms with E-state index in [2.05, 4.69) is 0 Å². The highest BCUT2D eigenvalue weighted by atomic mass is 32.2. The first-order chi connectivity index (χ1) is 7.20. The number of hydrogen-bond donors (Lipinski definition) is 1. The summed E-state index contributed by atoms with van der Waals surface area (Å²) < 4.78 is 47.4. The van der Waals surface area contributed by atoms with Gasteiger partial charge in [0.2, 0.25) is 10.0 Å². The number of aliphatic hydroxyl groups is 1. The summed E-state index contributed by atoms with van der Waals surface area (Å²) >= 11 is 0. The summed E-state index contributed by atoms with van der Waals surface area (Å²) in [5, 5.41) is 8.03. The van der Waals surface area contributed by atoms with Crippen LogP contribution in [-0.4, -0.2) is 62.7 Å². The Morgan fingerprint density at radius 2 is 2.06 bits per heavy atom. The van der Waals surface area contributed by atoms with Crippen molar-refractivity contribution < 1.29 is 21.9 Å². The maximum absolute atomic E-state index is 12.0. The molecule has 2 unspecified atom stereocenters. The van der Waals surface area contributed by atoms with Crippen molar-refractivity contribution in [1.82, 2.24) is 4.31 Å². The Morgan fingerprint density at radius 1 is 1.50 bits per heavy atom. The smallest absolute Gasteiger partial charge is 0.218 e. The van der Waals surface area contributed by atoms with Crippen LogP contribution < -0.4 is 0 Å². The second-order valence-corrected chi connectivity index (χ2v) is 8.62. The van der Waals surface area contributed by atoms with E-state index in [1.165, 1.54) is 7.05 Å². The fourth-order valence-corrected chi connectivity index (χ4v) is 6.05. The van der Waals surface area contributed by atoms with Gasteiger partial charge in [0.15, 0.2) is 9.84 Å². The first-order valence-corrected chi connectivity index (χ1v) is 8.31. The molecule has 1 N–H and O–H groups in total. The minimum Gasteiger partial charge on any atom is -0.395 e. The Morgan fingerprint density at radius 3 is 2.44 bits per heavy atom. The Balaban J connectivity index is 2.88.